The predicted octanol–water partition coefficient (Wildman–Crippen LogP) is 10.6. The largest absolute Gasteiger partial charge is 0.0622 e. The third-order valence-corrected chi connectivity index (χ3v) is 20.7. The van der Waals surface area contributed by atoms with Gasteiger partial charge >= 0.3 is 42.1 Å². The van der Waals surface area contributed by atoms with Crippen LogP contribution >= 0.6 is 50.8 Å². The Morgan fingerprint density at radius 3 is 1.12 bits per heavy atom. The second-order valence-electron chi connectivity index (χ2n) is 20.9. The first-order chi connectivity index (χ1) is 43.4. The number of halogens is 3. The van der Waals surface area contributed by atoms with E-state index < -0.39 is 34.0 Å². The molecule has 10 aromatic rings. The summed E-state index contributed by atoms with van der Waals surface area (Å²) in [6.07, 6.45) is 13.9. The Morgan fingerprint density at radius 2 is 0.798 bits per heavy atom. The summed E-state index contributed by atoms with van der Waals surface area (Å²) < 4.78 is 1.14. The summed E-state index contributed by atoms with van der Waals surface area (Å²) in [6, 6.07) is 77.0. The minimum atomic E-state index is -1.47. The minimum absolute atomic E-state index is 0.0316. The van der Waals surface area contributed by atoms with E-state index >= 15 is 0 Å². The summed E-state index contributed by atoms with van der Waals surface area (Å²) in [7, 11) is 7.27. The molecule has 2 atom stereocenters. The Hall–Kier alpha value is -7.23. The van der Waals surface area contributed by atoms with Crippen LogP contribution in [0.2, 0.25) is 0 Å². The number of benzene rings is 8. The van der Waals surface area contributed by atoms with Crippen molar-refractivity contribution in [2.75, 3.05) is 0 Å². The first-order valence-corrected chi connectivity index (χ1v) is 36.1. The van der Waals surface area contributed by atoms with Crippen molar-refractivity contribution < 1.29 is 35.6 Å². The van der Waals surface area contributed by atoms with Gasteiger partial charge in [0.15, 0.2) is 0 Å². The molecule has 89 heavy (non-hydrogen) atoms. The van der Waals surface area contributed by atoms with Crippen molar-refractivity contribution in [2.24, 2.45) is 9.98 Å². The Kier molecular flexibility index (Phi) is 24.6. The standard InChI is InChI=1S/2C18H15P.C17H16N4O.C13H13BrN2O.C4H5BN2O2.2ClH.Pd/c2*1-4-10-16(11-5-1)19(17-12-6-2-7-13-17)18-14-8-3-9-15-18;1-11-20-16(22)17(21-11)6-5-15-12(7-17)3-2-4-14(15)13-8-18-10-19-9-13;1-8-15-12(17)13(16-8)6-5-10-9(7-13)3-2-4-11(10)14;8-5(9)4-1-6-3-7-2-4;;;/h2*1-15H;2-4,8-10H,5-7H2,1H3,(H,20,21,22);2-4H,5-7H2,1H3,(H,15,16,17);1-3,8-9H;2*1H;/q;;;;;;;+2/p-2. The van der Waals surface area contributed by atoms with Crippen LogP contribution in [0.4, 0.5) is 0 Å². The average molecular weight is 1410 g/mol. The van der Waals surface area contributed by atoms with Crippen molar-refractivity contribution in [1.82, 2.24) is 30.6 Å². The number of carbonyl (C=O) groups excluding carboxylic acids is 2. The number of nitrogens with zero attached hydrogens (tertiary/aromatic N) is 6. The van der Waals surface area contributed by atoms with E-state index in [1.54, 1.807) is 0 Å². The third kappa shape index (κ3) is 17.6. The number of amides is 2. The second-order valence-corrected chi connectivity index (χ2v) is 28.6. The fraction of sp³-hybridized carbons (Fsp3) is 0.143. The van der Waals surface area contributed by atoms with Crippen LogP contribution in [0.25, 0.3) is 11.1 Å². The SMILES string of the molecule is CC1=NC2(CCc3c(Br)cccc3C2)C(=O)N1.CC1=NC2(CCc3c(cccc3-c3cncnc3)C2)C(=O)N1.OB(O)c1cncnc1.[Cl][Pd][Cl].c1ccc(P(c2ccccc2)c2ccccc2)cc1.c1ccc(P(c2ccccc2)c2ccccc2)cc1. The molecule has 2 amide bonds. The number of hydrogen-bond acceptors (Lipinski definition) is 10. The van der Waals surface area contributed by atoms with Gasteiger partial charge in [-0.15, -0.1) is 0 Å². The number of rotatable bonds is 8. The molecule has 0 bridgehead atoms. The second kappa shape index (κ2) is 33.0. The molecule has 2 unspecified atom stereocenters. The first-order valence-electron chi connectivity index (χ1n) is 28.6. The maximum absolute atomic E-state index is 12.3. The Labute approximate surface area is 547 Å². The number of aromatic nitrogens is 4. The summed E-state index contributed by atoms with van der Waals surface area (Å²) in [5, 5.41) is 31.1. The zero-order valence-electron chi connectivity index (χ0n) is 48.8. The molecule has 2 aromatic heterocycles. The van der Waals surface area contributed by atoms with Gasteiger partial charge in [-0.05, 0) is 121 Å². The molecule has 14 rings (SSSR count). The third-order valence-electron chi connectivity index (χ3n) is 15.1. The molecule has 4 aliphatic rings. The topological polar surface area (TPSA) is 175 Å². The van der Waals surface area contributed by atoms with Gasteiger partial charge in [0.05, 0.1) is 0 Å². The summed E-state index contributed by atoms with van der Waals surface area (Å²) in [5.74, 6) is 1.55. The zero-order valence-corrected chi connectivity index (χ0v) is 55.2. The molecule has 0 saturated carbocycles. The Bertz CT molecular complexity index is 3640. The molecule has 2 spiro atoms. The number of nitrogens with one attached hydrogen (secondary N) is 2. The summed E-state index contributed by atoms with van der Waals surface area (Å²) in [4.78, 5) is 48.8. The van der Waals surface area contributed by atoms with Gasteiger partial charge in [0.25, 0.3) is 11.8 Å². The van der Waals surface area contributed by atoms with Crippen LogP contribution in [0.5, 0.6) is 0 Å². The van der Waals surface area contributed by atoms with Gasteiger partial charge in [-0.1, -0.05) is 228 Å². The first kappa shape index (κ1) is 66.2. The molecule has 8 aromatic carbocycles. The molecular weight excluding hydrogens is 1350 g/mol. The normalized spacial score (nSPS) is 16.5. The summed E-state index contributed by atoms with van der Waals surface area (Å²) in [5.41, 5.74) is 6.37. The molecule has 0 fully saturated rings. The number of amidine groups is 2. The number of aliphatic imine (C=N–C) groups is 2. The van der Waals surface area contributed by atoms with Gasteiger partial charge < -0.3 is 20.7 Å². The average Bonchev–Trinajstić information content (AvgIpc) is 1.75. The van der Waals surface area contributed by atoms with Crippen LogP contribution in [0.3, 0.4) is 0 Å². The van der Waals surface area contributed by atoms with Crippen molar-refractivity contribution in [3.05, 3.63) is 283 Å². The quantitative estimate of drug-likeness (QED) is 0.0859. The van der Waals surface area contributed by atoms with E-state index in [2.05, 4.69) is 263 Å². The van der Waals surface area contributed by atoms with Crippen molar-refractivity contribution >= 4 is 119 Å². The summed E-state index contributed by atoms with van der Waals surface area (Å²) in [6.45, 7) is 3.70. The molecule has 2 aliphatic heterocycles. The molecule has 4 N–H and O–H groups in total. The Balaban J connectivity index is 0.000000133. The minimum Gasteiger partial charge on any atom is -0.0622 e. The van der Waals surface area contributed by atoms with Crippen LogP contribution in [0.1, 0.15) is 48.9 Å². The monoisotopic (exact) mass is 1410 g/mol. The fourth-order valence-electron chi connectivity index (χ4n) is 11.1. The van der Waals surface area contributed by atoms with Gasteiger partial charge in [-0.25, -0.2) is 19.9 Å². The molecular formula is C70H64BBrCl2N8O4P2Pd. The maximum atomic E-state index is 12.3. The van der Waals surface area contributed by atoms with Crippen LogP contribution in [0.15, 0.2) is 270 Å². The number of hydrogen-bond donors (Lipinski definition) is 4. The molecule has 2 aliphatic carbocycles. The van der Waals surface area contributed by atoms with E-state index in [0.717, 1.165) is 53.0 Å². The summed E-state index contributed by atoms with van der Waals surface area (Å²) >= 11 is 3.46. The van der Waals surface area contributed by atoms with Crippen LogP contribution in [-0.4, -0.2) is 71.7 Å². The Morgan fingerprint density at radius 1 is 0.472 bits per heavy atom. The molecule has 452 valence electrons. The molecule has 4 heterocycles. The molecule has 12 nitrogen and oxygen atoms in total. The van der Waals surface area contributed by atoms with E-state index in [9.17, 15) is 9.59 Å². The van der Waals surface area contributed by atoms with Crippen molar-refractivity contribution in [3.8, 4) is 11.1 Å². The zero-order chi connectivity index (χ0) is 62.4. The molecule has 0 saturated heterocycles. The van der Waals surface area contributed by atoms with Gasteiger partial charge in [-0.3, -0.25) is 19.6 Å². The molecule has 0 radical (unpaired) electrons. The fourth-order valence-corrected chi connectivity index (χ4v) is 16.3. The molecule has 19 heteroatoms. The van der Waals surface area contributed by atoms with E-state index in [1.165, 1.54) is 79.1 Å². The van der Waals surface area contributed by atoms with Gasteiger partial charge in [0.2, 0.25) is 0 Å². The van der Waals surface area contributed by atoms with E-state index in [4.69, 9.17) is 29.1 Å². The van der Waals surface area contributed by atoms with Crippen molar-refractivity contribution in [3.63, 3.8) is 0 Å². The number of carbonyl (C=O) groups is 2. The van der Waals surface area contributed by atoms with Gasteiger partial charge in [-0.2, -0.15) is 0 Å². The smallest absolute Gasteiger partial charge is 0.0134 e. The number of fused-ring (bicyclic) bond motifs is 2. The van der Waals surface area contributed by atoms with Crippen molar-refractivity contribution in [1.29, 1.82) is 0 Å². The van der Waals surface area contributed by atoms with E-state index in [1.807, 2.05) is 38.4 Å². The van der Waals surface area contributed by atoms with Crippen molar-refractivity contribution in [2.45, 2.75) is 63.5 Å². The van der Waals surface area contributed by atoms with E-state index in [0.29, 0.717) is 18.3 Å². The predicted molar refractivity (Wildman–Crippen MR) is 367 cm³/mol. The van der Waals surface area contributed by atoms with Gasteiger partial charge in [0.1, 0.15) is 35.4 Å². The maximum Gasteiger partial charge on any atom is -0.0134 e. The van der Waals surface area contributed by atoms with Crippen LogP contribution in [-0.2, 0) is 51.2 Å². The van der Waals surface area contributed by atoms with Crippen LogP contribution < -0.4 is 47.9 Å². The van der Waals surface area contributed by atoms with E-state index in [-0.39, 0.29) is 27.8 Å². The van der Waals surface area contributed by atoms with Crippen LogP contribution in [0, 0.1) is 0 Å². The van der Waals surface area contributed by atoms with Gasteiger partial charge in [0, 0.05) is 53.1 Å².